The van der Waals surface area contributed by atoms with E-state index in [4.69, 9.17) is 0 Å². The zero-order valence-electron chi connectivity index (χ0n) is 12.1. The summed E-state index contributed by atoms with van der Waals surface area (Å²) in [4.78, 5) is 23.5. The zero-order valence-corrected chi connectivity index (χ0v) is 12.1. The van der Waals surface area contributed by atoms with Gasteiger partial charge in [-0.05, 0) is 44.4 Å². The molecule has 112 valence electrons. The SMILES string of the molecule is O=C(CC1=CCCCC1)NC(C(=O)O)C1CCCCC1. The Morgan fingerprint density at radius 3 is 2.55 bits per heavy atom. The van der Waals surface area contributed by atoms with Gasteiger partial charge in [-0.15, -0.1) is 0 Å². The number of nitrogens with one attached hydrogen (secondary N) is 1. The number of carboxylic acid groups (broad SMARTS) is 1. The van der Waals surface area contributed by atoms with Crippen LogP contribution in [0.1, 0.15) is 64.2 Å². The predicted molar refractivity (Wildman–Crippen MR) is 77.3 cm³/mol. The van der Waals surface area contributed by atoms with Crippen LogP contribution in [0.2, 0.25) is 0 Å². The lowest BCUT2D eigenvalue weighted by Gasteiger charge is -2.28. The van der Waals surface area contributed by atoms with Gasteiger partial charge in [0, 0.05) is 6.42 Å². The lowest BCUT2D eigenvalue weighted by molar-refractivity contribution is -0.143. The lowest BCUT2D eigenvalue weighted by Crippen LogP contribution is -2.46. The molecule has 2 rings (SSSR count). The first-order valence-electron chi connectivity index (χ1n) is 7.87. The summed E-state index contributed by atoms with van der Waals surface area (Å²) in [5.41, 5.74) is 1.17. The molecule has 0 aromatic rings. The second kappa shape index (κ2) is 7.46. The molecule has 0 spiro atoms. The molecule has 0 radical (unpaired) electrons. The van der Waals surface area contributed by atoms with E-state index in [1.165, 1.54) is 18.4 Å². The highest BCUT2D eigenvalue weighted by Gasteiger charge is 2.30. The Morgan fingerprint density at radius 1 is 1.20 bits per heavy atom. The lowest BCUT2D eigenvalue weighted by atomic mass is 9.83. The van der Waals surface area contributed by atoms with Crippen molar-refractivity contribution in [1.29, 1.82) is 0 Å². The number of amides is 1. The van der Waals surface area contributed by atoms with Crippen molar-refractivity contribution in [2.75, 3.05) is 0 Å². The molecule has 1 fully saturated rings. The standard InChI is InChI=1S/C16H25NO3/c18-14(11-12-7-3-1-4-8-12)17-15(16(19)20)13-9-5-2-6-10-13/h7,13,15H,1-6,8-11H2,(H,17,18)(H,19,20). The summed E-state index contributed by atoms with van der Waals surface area (Å²) < 4.78 is 0. The Labute approximate surface area is 120 Å². The molecule has 4 nitrogen and oxygen atoms in total. The van der Waals surface area contributed by atoms with E-state index in [0.717, 1.165) is 44.9 Å². The normalized spacial score (nSPS) is 21.9. The molecule has 1 amide bonds. The van der Waals surface area contributed by atoms with E-state index in [9.17, 15) is 14.7 Å². The molecular weight excluding hydrogens is 254 g/mol. The number of hydrogen-bond donors (Lipinski definition) is 2. The number of carbonyl (C=O) groups excluding carboxylic acids is 1. The van der Waals surface area contributed by atoms with Gasteiger partial charge < -0.3 is 10.4 Å². The predicted octanol–water partition coefficient (Wildman–Crippen LogP) is 3.03. The average molecular weight is 279 g/mol. The molecule has 1 atom stereocenters. The highest BCUT2D eigenvalue weighted by atomic mass is 16.4. The Kier molecular flexibility index (Phi) is 5.62. The Bertz CT molecular complexity index is 383. The molecule has 2 aliphatic rings. The van der Waals surface area contributed by atoms with E-state index in [1.807, 2.05) is 0 Å². The highest BCUT2D eigenvalue weighted by Crippen LogP contribution is 2.27. The van der Waals surface area contributed by atoms with Crippen molar-refractivity contribution in [1.82, 2.24) is 5.32 Å². The Morgan fingerprint density at radius 2 is 1.95 bits per heavy atom. The highest BCUT2D eigenvalue weighted by molar-refractivity contribution is 5.85. The molecule has 0 heterocycles. The van der Waals surface area contributed by atoms with Gasteiger partial charge >= 0.3 is 5.97 Å². The van der Waals surface area contributed by atoms with Gasteiger partial charge in [0.05, 0.1) is 0 Å². The van der Waals surface area contributed by atoms with E-state index in [0.29, 0.717) is 6.42 Å². The molecular formula is C16H25NO3. The van der Waals surface area contributed by atoms with Crippen molar-refractivity contribution < 1.29 is 14.7 Å². The third-order valence-electron chi connectivity index (χ3n) is 4.48. The van der Waals surface area contributed by atoms with E-state index >= 15 is 0 Å². The number of rotatable bonds is 5. The van der Waals surface area contributed by atoms with Gasteiger partial charge in [-0.1, -0.05) is 30.9 Å². The summed E-state index contributed by atoms with van der Waals surface area (Å²) in [5.74, 6) is -0.912. The van der Waals surface area contributed by atoms with Crippen molar-refractivity contribution in [2.45, 2.75) is 70.3 Å². The van der Waals surface area contributed by atoms with E-state index < -0.39 is 12.0 Å². The van der Waals surface area contributed by atoms with Crippen molar-refractivity contribution in [3.8, 4) is 0 Å². The van der Waals surface area contributed by atoms with Crippen LogP contribution in [0.5, 0.6) is 0 Å². The average Bonchev–Trinajstić information content (AvgIpc) is 2.46. The molecule has 1 unspecified atom stereocenters. The molecule has 0 bridgehead atoms. The fourth-order valence-corrected chi connectivity index (χ4v) is 3.34. The first-order chi connectivity index (χ1) is 9.66. The van der Waals surface area contributed by atoms with Gasteiger partial charge in [-0.3, -0.25) is 4.79 Å². The van der Waals surface area contributed by atoms with Gasteiger partial charge in [-0.2, -0.15) is 0 Å². The minimum absolute atomic E-state index is 0.102. The molecule has 0 saturated heterocycles. The third-order valence-corrected chi connectivity index (χ3v) is 4.48. The number of aliphatic carboxylic acids is 1. The first kappa shape index (κ1) is 15.1. The number of carboxylic acids is 1. The molecule has 2 N–H and O–H groups in total. The number of hydrogen-bond acceptors (Lipinski definition) is 2. The smallest absolute Gasteiger partial charge is 0.326 e. The van der Waals surface area contributed by atoms with Gasteiger partial charge in [-0.25, -0.2) is 4.79 Å². The quantitative estimate of drug-likeness (QED) is 0.760. The van der Waals surface area contributed by atoms with Crippen molar-refractivity contribution >= 4 is 11.9 Å². The van der Waals surface area contributed by atoms with Crippen LogP contribution >= 0.6 is 0 Å². The summed E-state index contributed by atoms with van der Waals surface area (Å²) in [7, 11) is 0. The van der Waals surface area contributed by atoms with Crippen LogP contribution in [0.25, 0.3) is 0 Å². The van der Waals surface area contributed by atoms with Crippen LogP contribution in [0.4, 0.5) is 0 Å². The second-order valence-electron chi connectivity index (χ2n) is 6.07. The summed E-state index contributed by atoms with van der Waals surface area (Å²) in [6, 6.07) is -0.702. The molecule has 0 aromatic carbocycles. The van der Waals surface area contributed by atoms with Crippen LogP contribution in [0.3, 0.4) is 0 Å². The summed E-state index contributed by atoms with van der Waals surface area (Å²) in [6.07, 6.45) is 12.1. The maximum atomic E-state index is 12.1. The zero-order chi connectivity index (χ0) is 14.4. The fraction of sp³-hybridized carbons (Fsp3) is 0.750. The van der Waals surface area contributed by atoms with Crippen LogP contribution in [0, 0.1) is 5.92 Å². The van der Waals surface area contributed by atoms with Gasteiger partial charge in [0.25, 0.3) is 0 Å². The Hall–Kier alpha value is -1.32. The summed E-state index contributed by atoms with van der Waals surface area (Å²) in [5, 5.41) is 12.1. The maximum Gasteiger partial charge on any atom is 0.326 e. The summed E-state index contributed by atoms with van der Waals surface area (Å²) in [6.45, 7) is 0. The third kappa shape index (κ3) is 4.36. The van der Waals surface area contributed by atoms with Crippen molar-refractivity contribution in [3.63, 3.8) is 0 Å². The van der Waals surface area contributed by atoms with Crippen LogP contribution in [-0.4, -0.2) is 23.0 Å². The topological polar surface area (TPSA) is 66.4 Å². The molecule has 20 heavy (non-hydrogen) atoms. The fourth-order valence-electron chi connectivity index (χ4n) is 3.34. The minimum Gasteiger partial charge on any atom is -0.480 e. The van der Waals surface area contributed by atoms with Gasteiger partial charge in [0.1, 0.15) is 6.04 Å². The van der Waals surface area contributed by atoms with Gasteiger partial charge in [0.15, 0.2) is 0 Å². The largest absolute Gasteiger partial charge is 0.480 e. The van der Waals surface area contributed by atoms with Crippen LogP contribution < -0.4 is 5.32 Å². The molecule has 1 saturated carbocycles. The maximum absolute atomic E-state index is 12.1. The second-order valence-corrected chi connectivity index (χ2v) is 6.07. The van der Waals surface area contributed by atoms with Gasteiger partial charge in [0.2, 0.25) is 5.91 Å². The van der Waals surface area contributed by atoms with E-state index in [2.05, 4.69) is 11.4 Å². The number of carbonyl (C=O) groups is 2. The summed E-state index contributed by atoms with van der Waals surface area (Å²) >= 11 is 0. The molecule has 0 aromatic heterocycles. The minimum atomic E-state index is -0.886. The van der Waals surface area contributed by atoms with Crippen molar-refractivity contribution in [2.24, 2.45) is 5.92 Å². The Balaban J connectivity index is 1.88. The van der Waals surface area contributed by atoms with Crippen LogP contribution in [-0.2, 0) is 9.59 Å². The molecule has 4 heteroatoms. The monoisotopic (exact) mass is 279 g/mol. The first-order valence-corrected chi connectivity index (χ1v) is 7.87. The van der Waals surface area contributed by atoms with E-state index in [1.54, 1.807) is 0 Å². The van der Waals surface area contributed by atoms with E-state index in [-0.39, 0.29) is 11.8 Å². The van der Waals surface area contributed by atoms with Crippen LogP contribution in [0.15, 0.2) is 11.6 Å². The van der Waals surface area contributed by atoms with Crippen molar-refractivity contribution in [3.05, 3.63) is 11.6 Å². The molecule has 0 aliphatic heterocycles. The number of allylic oxidation sites excluding steroid dienone is 1. The molecule has 2 aliphatic carbocycles.